The van der Waals surface area contributed by atoms with Crippen molar-refractivity contribution in [1.82, 2.24) is 9.80 Å². The molecule has 1 aromatic rings. The van der Waals surface area contributed by atoms with Crippen LogP contribution in [0, 0.1) is 17.8 Å². The molecule has 0 N–H and O–H groups in total. The average molecular weight is 469 g/mol. The standard InChI is InChI=1S/C28H40N2O4/c1-19-17-29(26(32)34-27(2,3)4)9-10-30(19)25(31)18-33-24-7-5-23(6-8-24)28-14-20-11-21(15-28)13-22(12-20)16-28/h5-8,19-22H,9-18H2,1-4H3. The Labute approximate surface area is 204 Å². The summed E-state index contributed by atoms with van der Waals surface area (Å²) in [5, 5.41) is 0. The summed E-state index contributed by atoms with van der Waals surface area (Å²) in [6.45, 7) is 9.02. The lowest BCUT2D eigenvalue weighted by Crippen LogP contribution is -2.56. The molecule has 2 amide bonds. The van der Waals surface area contributed by atoms with Gasteiger partial charge in [0.1, 0.15) is 11.4 Å². The average Bonchev–Trinajstić information content (AvgIpc) is 2.75. The van der Waals surface area contributed by atoms with Crippen LogP contribution in [-0.2, 0) is 14.9 Å². The summed E-state index contributed by atoms with van der Waals surface area (Å²) in [5.74, 6) is 3.50. The lowest BCUT2D eigenvalue weighted by atomic mass is 9.48. The Morgan fingerprint density at radius 1 is 0.971 bits per heavy atom. The topological polar surface area (TPSA) is 59.1 Å². The van der Waals surface area contributed by atoms with E-state index in [2.05, 4.69) is 12.1 Å². The van der Waals surface area contributed by atoms with Crippen LogP contribution in [-0.4, -0.2) is 59.7 Å². The van der Waals surface area contributed by atoms with Crippen molar-refractivity contribution in [2.24, 2.45) is 17.8 Å². The number of ether oxygens (including phenoxy) is 2. The van der Waals surface area contributed by atoms with Gasteiger partial charge in [-0.25, -0.2) is 4.79 Å². The Morgan fingerprint density at radius 3 is 2.09 bits per heavy atom. The van der Waals surface area contributed by atoms with Crippen LogP contribution in [0.3, 0.4) is 0 Å². The summed E-state index contributed by atoms with van der Waals surface area (Å²) in [7, 11) is 0. The Kier molecular flexibility index (Phi) is 6.06. The highest BCUT2D eigenvalue weighted by atomic mass is 16.6. The van der Waals surface area contributed by atoms with Crippen molar-refractivity contribution < 1.29 is 19.1 Å². The zero-order chi connectivity index (χ0) is 24.1. The first-order valence-corrected chi connectivity index (χ1v) is 13.1. The fourth-order valence-electron chi connectivity index (χ4n) is 7.42. The van der Waals surface area contributed by atoms with Crippen LogP contribution in [0.4, 0.5) is 4.79 Å². The van der Waals surface area contributed by atoms with Crippen LogP contribution in [0.2, 0.25) is 0 Å². The Balaban J connectivity index is 1.13. The molecule has 5 aliphatic rings. The van der Waals surface area contributed by atoms with Crippen LogP contribution in [0.1, 0.15) is 71.8 Å². The van der Waals surface area contributed by atoms with Gasteiger partial charge in [0.2, 0.25) is 0 Å². The summed E-state index contributed by atoms with van der Waals surface area (Å²) in [5.41, 5.74) is 1.33. The summed E-state index contributed by atoms with van der Waals surface area (Å²) in [6, 6.07) is 8.51. The second-order valence-corrected chi connectivity index (χ2v) is 12.4. The molecule has 1 heterocycles. The number of benzene rings is 1. The molecule has 0 radical (unpaired) electrons. The van der Waals surface area contributed by atoms with Crippen LogP contribution < -0.4 is 4.74 Å². The predicted octanol–water partition coefficient (Wildman–Crippen LogP) is 5.00. The normalized spacial score (nSPS) is 32.6. The minimum atomic E-state index is -0.521. The predicted molar refractivity (Wildman–Crippen MR) is 131 cm³/mol. The Hall–Kier alpha value is -2.24. The molecule has 1 aliphatic heterocycles. The summed E-state index contributed by atoms with van der Waals surface area (Å²) >= 11 is 0. The van der Waals surface area contributed by atoms with E-state index in [1.807, 2.05) is 44.7 Å². The molecule has 1 atom stereocenters. The first kappa shape index (κ1) is 23.5. The van der Waals surface area contributed by atoms with Gasteiger partial charge in [-0.15, -0.1) is 0 Å². The van der Waals surface area contributed by atoms with Crippen molar-refractivity contribution in [3.05, 3.63) is 29.8 Å². The molecule has 0 spiro atoms. The third kappa shape index (κ3) is 4.78. The van der Waals surface area contributed by atoms with E-state index >= 15 is 0 Å². The van der Waals surface area contributed by atoms with Crippen LogP contribution in [0.5, 0.6) is 5.75 Å². The smallest absolute Gasteiger partial charge is 0.410 e. The van der Waals surface area contributed by atoms with Gasteiger partial charge in [0.05, 0.1) is 0 Å². The molecule has 1 unspecified atom stereocenters. The van der Waals surface area contributed by atoms with Crippen LogP contribution in [0.25, 0.3) is 0 Å². The van der Waals surface area contributed by atoms with Gasteiger partial charge < -0.3 is 19.3 Å². The van der Waals surface area contributed by atoms with Crippen molar-refractivity contribution in [2.45, 2.75) is 83.3 Å². The summed E-state index contributed by atoms with van der Waals surface area (Å²) in [4.78, 5) is 28.7. The van der Waals surface area contributed by atoms with Gasteiger partial charge in [0.15, 0.2) is 6.61 Å². The lowest BCUT2D eigenvalue weighted by molar-refractivity contribution is -0.137. The largest absolute Gasteiger partial charge is 0.484 e. The van der Waals surface area contributed by atoms with E-state index in [1.54, 1.807) is 4.90 Å². The van der Waals surface area contributed by atoms with Gasteiger partial charge in [-0.05, 0) is 107 Å². The van der Waals surface area contributed by atoms with Crippen LogP contribution in [0.15, 0.2) is 24.3 Å². The highest BCUT2D eigenvalue weighted by Crippen LogP contribution is 2.60. The maximum absolute atomic E-state index is 12.8. The maximum Gasteiger partial charge on any atom is 0.410 e. The van der Waals surface area contributed by atoms with Gasteiger partial charge in [0.25, 0.3) is 5.91 Å². The highest BCUT2D eigenvalue weighted by Gasteiger charge is 2.51. The van der Waals surface area contributed by atoms with E-state index in [0.29, 0.717) is 25.0 Å². The van der Waals surface area contributed by atoms with Crippen molar-refractivity contribution in [3.63, 3.8) is 0 Å². The third-order valence-corrected chi connectivity index (χ3v) is 8.47. The Morgan fingerprint density at radius 2 is 1.56 bits per heavy atom. The number of amides is 2. The molecular weight excluding hydrogens is 428 g/mol. The molecule has 6 rings (SSSR count). The molecule has 34 heavy (non-hydrogen) atoms. The number of hydrogen-bond donors (Lipinski definition) is 0. The van der Waals surface area contributed by atoms with Crippen LogP contribution >= 0.6 is 0 Å². The molecule has 4 bridgehead atoms. The molecule has 5 fully saturated rings. The molecule has 6 heteroatoms. The number of hydrogen-bond acceptors (Lipinski definition) is 4. The highest BCUT2D eigenvalue weighted by molar-refractivity contribution is 5.78. The summed E-state index contributed by atoms with van der Waals surface area (Å²) < 4.78 is 11.4. The minimum absolute atomic E-state index is 0.0213. The molecule has 1 saturated heterocycles. The third-order valence-electron chi connectivity index (χ3n) is 8.47. The number of rotatable bonds is 4. The zero-order valence-electron chi connectivity index (χ0n) is 21.2. The van der Waals surface area contributed by atoms with Crippen molar-refractivity contribution in [3.8, 4) is 5.75 Å². The number of nitrogens with zero attached hydrogens (tertiary/aromatic N) is 2. The van der Waals surface area contributed by atoms with Gasteiger partial charge in [-0.3, -0.25) is 4.79 Å². The Bertz CT molecular complexity index is 884. The monoisotopic (exact) mass is 468 g/mol. The SMILES string of the molecule is CC1CN(C(=O)OC(C)(C)C)CCN1C(=O)COc1ccc(C23CC4CC(CC(C4)C2)C3)cc1. The quantitative estimate of drug-likeness (QED) is 0.624. The minimum Gasteiger partial charge on any atom is -0.484 e. The van der Waals surface area contributed by atoms with E-state index in [-0.39, 0.29) is 24.6 Å². The van der Waals surface area contributed by atoms with Gasteiger partial charge in [-0.1, -0.05) is 12.1 Å². The van der Waals surface area contributed by atoms with E-state index in [1.165, 1.54) is 44.1 Å². The van der Waals surface area contributed by atoms with E-state index < -0.39 is 5.60 Å². The molecule has 4 aliphatic carbocycles. The molecule has 0 aromatic heterocycles. The van der Waals surface area contributed by atoms with Crippen molar-refractivity contribution in [2.75, 3.05) is 26.2 Å². The van der Waals surface area contributed by atoms with Gasteiger partial charge >= 0.3 is 6.09 Å². The van der Waals surface area contributed by atoms with E-state index in [4.69, 9.17) is 9.47 Å². The molecule has 1 aromatic carbocycles. The van der Waals surface area contributed by atoms with Crippen molar-refractivity contribution >= 4 is 12.0 Å². The molecule has 6 nitrogen and oxygen atoms in total. The number of carbonyl (C=O) groups is 2. The summed E-state index contributed by atoms with van der Waals surface area (Å²) in [6.07, 6.45) is 8.09. The second kappa shape index (κ2) is 8.76. The maximum atomic E-state index is 12.8. The first-order valence-electron chi connectivity index (χ1n) is 13.1. The first-order chi connectivity index (χ1) is 16.1. The molecule has 4 saturated carbocycles. The van der Waals surface area contributed by atoms with Gasteiger partial charge in [-0.2, -0.15) is 0 Å². The van der Waals surface area contributed by atoms with E-state index in [0.717, 1.165) is 23.5 Å². The fourth-order valence-corrected chi connectivity index (χ4v) is 7.42. The fraction of sp³-hybridized carbons (Fsp3) is 0.714. The lowest BCUT2D eigenvalue weighted by Gasteiger charge is -2.57. The molecule has 186 valence electrons. The number of carbonyl (C=O) groups excluding carboxylic acids is 2. The molecular formula is C28H40N2O4. The second-order valence-electron chi connectivity index (χ2n) is 12.4. The zero-order valence-corrected chi connectivity index (χ0v) is 21.2. The van der Waals surface area contributed by atoms with Crippen molar-refractivity contribution in [1.29, 1.82) is 0 Å². The van der Waals surface area contributed by atoms with Gasteiger partial charge in [0, 0.05) is 25.7 Å². The van der Waals surface area contributed by atoms with E-state index in [9.17, 15) is 9.59 Å². The number of piperazine rings is 1.